The van der Waals surface area contributed by atoms with E-state index in [4.69, 9.17) is 0 Å². The van der Waals surface area contributed by atoms with E-state index < -0.39 is 0 Å². The minimum atomic E-state index is 0.333. The molecule has 0 aliphatic carbocycles. The van der Waals surface area contributed by atoms with Crippen LogP contribution in [-0.4, -0.2) is 26.2 Å². The van der Waals surface area contributed by atoms with E-state index in [9.17, 15) is 0 Å². The van der Waals surface area contributed by atoms with Crippen LogP contribution in [0, 0.1) is 6.92 Å². The minimum Gasteiger partial charge on any atom is -0.378 e. The Kier molecular flexibility index (Phi) is 3.15. The molecule has 0 bridgehead atoms. The zero-order valence-corrected chi connectivity index (χ0v) is 11.6. The van der Waals surface area contributed by atoms with Gasteiger partial charge >= 0.3 is 0 Å². The van der Waals surface area contributed by atoms with Crippen LogP contribution in [0.2, 0.25) is 0 Å². The van der Waals surface area contributed by atoms with Crippen molar-refractivity contribution in [2.75, 3.05) is 12.4 Å². The van der Waals surface area contributed by atoms with Crippen molar-refractivity contribution in [3.63, 3.8) is 0 Å². The van der Waals surface area contributed by atoms with Crippen LogP contribution in [0.1, 0.15) is 31.3 Å². The lowest BCUT2D eigenvalue weighted by Crippen LogP contribution is -1.97. The van der Waals surface area contributed by atoms with E-state index in [2.05, 4.69) is 33.6 Å². The molecule has 92 valence electrons. The van der Waals surface area contributed by atoms with Crippen molar-refractivity contribution in [2.24, 2.45) is 7.05 Å². The van der Waals surface area contributed by atoms with E-state index >= 15 is 0 Å². The zero-order chi connectivity index (χ0) is 12.6. The summed E-state index contributed by atoms with van der Waals surface area (Å²) >= 11 is 1.46. The van der Waals surface area contributed by atoms with Crippen molar-refractivity contribution in [1.82, 2.24) is 19.1 Å². The van der Waals surface area contributed by atoms with Gasteiger partial charge in [-0.2, -0.15) is 9.47 Å². The molecule has 6 heteroatoms. The summed E-state index contributed by atoms with van der Waals surface area (Å²) in [5.41, 5.74) is 2.05. The number of hydrogen-bond acceptors (Lipinski definition) is 5. The van der Waals surface area contributed by atoms with Gasteiger partial charge in [0.05, 0.1) is 11.3 Å². The first-order valence-corrected chi connectivity index (χ1v) is 6.37. The zero-order valence-electron chi connectivity index (χ0n) is 10.8. The van der Waals surface area contributed by atoms with Crippen molar-refractivity contribution in [3.8, 4) is 11.4 Å². The van der Waals surface area contributed by atoms with Gasteiger partial charge in [0.1, 0.15) is 5.00 Å². The molecule has 2 rings (SSSR count). The Hall–Kier alpha value is -1.43. The molecule has 0 aromatic carbocycles. The second-order valence-corrected chi connectivity index (χ2v) is 5.07. The molecule has 0 amide bonds. The van der Waals surface area contributed by atoms with Crippen LogP contribution in [0.15, 0.2) is 0 Å². The fourth-order valence-electron chi connectivity index (χ4n) is 1.67. The maximum absolute atomic E-state index is 4.60. The number of aromatic nitrogens is 4. The van der Waals surface area contributed by atoms with Gasteiger partial charge in [-0.15, -0.1) is 0 Å². The fourth-order valence-corrected chi connectivity index (χ4v) is 2.41. The molecule has 5 nitrogen and oxygen atoms in total. The highest BCUT2D eigenvalue weighted by atomic mass is 32.1. The molecule has 2 aromatic rings. The normalized spacial score (nSPS) is 11.2. The van der Waals surface area contributed by atoms with Crippen LogP contribution in [0.4, 0.5) is 5.00 Å². The number of hydrogen-bond donors (Lipinski definition) is 1. The number of nitrogens with zero attached hydrogens (tertiary/aromatic N) is 4. The van der Waals surface area contributed by atoms with E-state index in [1.54, 1.807) is 0 Å². The maximum Gasteiger partial charge on any atom is 0.163 e. The SMILES string of the molecule is CNc1snc(C)c1-c1nc(C(C)C)nn1C. The highest BCUT2D eigenvalue weighted by molar-refractivity contribution is 7.10. The van der Waals surface area contributed by atoms with E-state index in [0.717, 1.165) is 27.9 Å². The van der Waals surface area contributed by atoms with Crippen molar-refractivity contribution in [2.45, 2.75) is 26.7 Å². The number of aryl methyl sites for hydroxylation is 2. The van der Waals surface area contributed by atoms with Crippen LogP contribution >= 0.6 is 11.5 Å². The first-order chi connectivity index (χ1) is 8.04. The topological polar surface area (TPSA) is 55.6 Å². The summed E-state index contributed by atoms with van der Waals surface area (Å²) in [7, 11) is 3.82. The molecule has 0 radical (unpaired) electrons. The Labute approximate surface area is 105 Å². The van der Waals surface area contributed by atoms with Gasteiger partial charge in [-0.3, -0.25) is 0 Å². The Morgan fingerprint density at radius 2 is 2.06 bits per heavy atom. The minimum absolute atomic E-state index is 0.333. The lowest BCUT2D eigenvalue weighted by molar-refractivity contribution is 0.712. The van der Waals surface area contributed by atoms with Gasteiger partial charge in [-0.1, -0.05) is 13.8 Å². The monoisotopic (exact) mass is 251 g/mol. The summed E-state index contributed by atoms with van der Waals surface area (Å²) < 4.78 is 6.18. The van der Waals surface area contributed by atoms with Crippen LogP contribution < -0.4 is 5.32 Å². The Morgan fingerprint density at radius 1 is 1.35 bits per heavy atom. The Bertz CT molecular complexity index is 526. The molecule has 0 aliphatic rings. The van der Waals surface area contributed by atoms with Crippen LogP contribution in [0.3, 0.4) is 0 Å². The highest BCUT2D eigenvalue weighted by Gasteiger charge is 2.19. The molecule has 0 aliphatic heterocycles. The van der Waals surface area contributed by atoms with Crippen molar-refractivity contribution < 1.29 is 0 Å². The largest absolute Gasteiger partial charge is 0.378 e. The first-order valence-electron chi connectivity index (χ1n) is 5.60. The summed E-state index contributed by atoms with van der Waals surface area (Å²) in [5, 5.41) is 8.63. The smallest absolute Gasteiger partial charge is 0.163 e. The van der Waals surface area contributed by atoms with Crippen LogP contribution in [0.25, 0.3) is 11.4 Å². The predicted octanol–water partition coefficient (Wildman–Crippen LogP) is 2.41. The lowest BCUT2D eigenvalue weighted by Gasteiger charge is -2.01. The third-order valence-electron chi connectivity index (χ3n) is 2.61. The standard InChI is InChI=1S/C11H17N5S/c1-6(2)9-13-10(16(5)14-9)8-7(3)15-17-11(8)12-4/h6,12H,1-5H3. The van der Waals surface area contributed by atoms with Gasteiger partial charge < -0.3 is 5.32 Å². The predicted molar refractivity (Wildman–Crippen MR) is 70.5 cm³/mol. The molecular weight excluding hydrogens is 234 g/mol. The van der Waals surface area contributed by atoms with Crippen molar-refractivity contribution in [3.05, 3.63) is 11.5 Å². The van der Waals surface area contributed by atoms with Gasteiger partial charge in [0, 0.05) is 20.0 Å². The van der Waals surface area contributed by atoms with Gasteiger partial charge in [0.25, 0.3) is 0 Å². The summed E-state index contributed by atoms with van der Waals surface area (Å²) in [6.07, 6.45) is 0. The van der Waals surface area contributed by atoms with Gasteiger partial charge in [-0.05, 0) is 18.5 Å². The average Bonchev–Trinajstić information content (AvgIpc) is 2.81. The lowest BCUT2D eigenvalue weighted by atomic mass is 10.2. The van der Waals surface area contributed by atoms with Crippen molar-refractivity contribution in [1.29, 1.82) is 0 Å². The van der Waals surface area contributed by atoms with Crippen molar-refractivity contribution >= 4 is 16.5 Å². The molecule has 0 fully saturated rings. The Morgan fingerprint density at radius 3 is 2.59 bits per heavy atom. The third kappa shape index (κ3) is 2.04. The number of rotatable bonds is 3. The second kappa shape index (κ2) is 4.44. The van der Waals surface area contributed by atoms with E-state index in [-0.39, 0.29) is 0 Å². The molecule has 0 saturated heterocycles. The summed E-state index contributed by atoms with van der Waals surface area (Å²) in [6, 6.07) is 0. The van der Waals surface area contributed by atoms with Gasteiger partial charge in [0.15, 0.2) is 11.6 Å². The van der Waals surface area contributed by atoms with E-state index in [1.165, 1.54) is 11.5 Å². The summed E-state index contributed by atoms with van der Waals surface area (Å²) in [5.74, 6) is 2.08. The molecule has 0 atom stereocenters. The summed E-state index contributed by atoms with van der Waals surface area (Å²) in [4.78, 5) is 4.60. The first kappa shape index (κ1) is 12.0. The molecule has 0 saturated carbocycles. The molecule has 0 spiro atoms. The molecule has 0 unspecified atom stereocenters. The molecule has 1 N–H and O–H groups in total. The Balaban J connectivity index is 2.56. The third-order valence-corrected chi connectivity index (χ3v) is 3.57. The van der Waals surface area contributed by atoms with Crippen LogP contribution in [-0.2, 0) is 7.05 Å². The average molecular weight is 251 g/mol. The maximum atomic E-state index is 4.60. The quantitative estimate of drug-likeness (QED) is 0.910. The number of nitrogens with one attached hydrogen (secondary N) is 1. The molecule has 17 heavy (non-hydrogen) atoms. The molecular formula is C11H17N5S. The molecule has 2 aromatic heterocycles. The second-order valence-electron chi connectivity index (χ2n) is 4.29. The highest BCUT2D eigenvalue weighted by Crippen LogP contribution is 2.33. The fraction of sp³-hybridized carbons (Fsp3) is 0.545. The van der Waals surface area contributed by atoms with E-state index in [0.29, 0.717) is 5.92 Å². The van der Waals surface area contributed by atoms with Crippen LogP contribution in [0.5, 0.6) is 0 Å². The number of anilines is 1. The van der Waals surface area contributed by atoms with Gasteiger partial charge in [-0.25, -0.2) is 9.67 Å². The summed E-state index contributed by atoms with van der Waals surface area (Å²) in [6.45, 7) is 6.18. The van der Waals surface area contributed by atoms with Gasteiger partial charge in [0.2, 0.25) is 0 Å². The molecule has 2 heterocycles. The van der Waals surface area contributed by atoms with E-state index in [1.807, 2.05) is 25.7 Å².